The van der Waals surface area contributed by atoms with Crippen molar-refractivity contribution in [2.45, 2.75) is 25.3 Å². The van der Waals surface area contributed by atoms with E-state index in [1.165, 1.54) is 24.0 Å². The molecule has 1 N–H and O–H groups in total. The Morgan fingerprint density at radius 2 is 2.23 bits per heavy atom. The van der Waals surface area contributed by atoms with E-state index in [1.54, 1.807) is 0 Å². The molecule has 1 aromatic heterocycles. The maximum absolute atomic E-state index is 5.56. The van der Waals surface area contributed by atoms with Crippen LogP contribution in [0.5, 0.6) is 0 Å². The Kier molecular flexibility index (Phi) is 4.47. The number of benzene rings is 1. The number of rotatable bonds is 2. The molecule has 0 radical (unpaired) electrons. The summed E-state index contributed by atoms with van der Waals surface area (Å²) in [4.78, 5) is 6.95. The zero-order valence-corrected chi connectivity index (χ0v) is 13.5. The van der Waals surface area contributed by atoms with Crippen LogP contribution in [0.3, 0.4) is 0 Å². The maximum atomic E-state index is 5.56. The molecule has 6 heteroatoms. The second-order valence-electron chi connectivity index (χ2n) is 5.96. The molecule has 1 saturated heterocycles. The topological polar surface area (TPSA) is 54.2 Å². The third-order valence-corrected chi connectivity index (χ3v) is 4.63. The lowest BCUT2D eigenvalue weighted by molar-refractivity contribution is 0.190. The summed E-state index contributed by atoms with van der Waals surface area (Å²) in [6, 6.07) is 6.61. The summed E-state index contributed by atoms with van der Waals surface area (Å²) in [5.74, 6) is 1.46. The fourth-order valence-electron chi connectivity index (χ4n) is 3.39. The fourth-order valence-corrected chi connectivity index (χ4v) is 3.39. The van der Waals surface area contributed by atoms with E-state index in [0.717, 1.165) is 37.4 Å². The summed E-state index contributed by atoms with van der Waals surface area (Å²) in [5, 5.41) is 7.62. The van der Waals surface area contributed by atoms with Gasteiger partial charge in [0.05, 0.1) is 6.04 Å². The van der Waals surface area contributed by atoms with Crippen LogP contribution in [0.15, 0.2) is 22.7 Å². The molecule has 1 atom stereocenters. The van der Waals surface area contributed by atoms with Gasteiger partial charge in [0, 0.05) is 25.2 Å². The van der Waals surface area contributed by atoms with Crippen LogP contribution in [-0.4, -0.2) is 41.7 Å². The third-order valence-electron chi connectivity index (χ3n) is 4.63. The number of halogens is 1. The fraction of sp³-hybridized carbons (Fsp3) is 0.500. The molecular formula is C16H21ClN4O. The number of aryl methyl sites for hydroxylation is 1. The number of likely N-dealkylation sites (N-methyl/N-ethyl adjacent to an activating group) is 1. The van der Waals surface area contributed by atoms with Crippen molar-refractivity contribution < 1.29 is 4.52 Å². The van der Waals surface area contributed by atoms with Gasteiger partial charge in [-0.05, 0) is 43.5 Å². The Morgan fingerprint density at radius 1 is 1.32 bits per heavy atom. The van der Waals surface area contributed by atoms with E-state index >= 15 is 0 Å². The first-order valence-electron chi connectivity index (χ1n) is 7.68. The highest BCUT2D eigenvalue weighted by atomic mass is 35.5. The molecule has 1 aliphatic heterocycles. The van der Waals surface area contributed by atoms with Crippen molar-refractivity contribution in [3.05, 3.63) is 35.2 Å². The van der Waals surface area contributed by atoms with Gasteiger partial charge < -0.3 is 9.84 Å². The van der Waals surface area contributed by atoms with Gasteiger partial charge in [-0.15, -0.1) is 12.4 Å². The molecule has 0 saturated carbocycles. The van der Waals surface area contributed by atoms with E-state index in [1.807, 2.05) is 0 Å². The first-order valence-corrected chi connectivity index (χ1v) is 7.68. The van der Waals surface area contributed by atoms with Crippen LogP contribution in [0.1, 0.15) is 29.4 Å². The molecule has 2 aliphatic rings. The van der Waals surface area contributed by atoms with Gasteiger partial charge in [-0.25, -0.2) is 0 Å². The Balaban J connectivity index is 0.00000144. The van der Waals surface area contributed by atoms with Gasteiger partial charge in [-0.1, -0.05) is 17.3 Å². The number of hydrogen-bond acceptors (Lipinski definition) is 5. The number of nitrogens with zero attached hydrogens (tertiary/aromatic N) is 3. The Bertz CT molecular complexity index is 657. The standard InChI is InChI=1S/C16H20N4O.ClH/c1-20-9-8-17-10-14(20)15-18-16(21-19-15)13-7-3-5-11-4-2-6-12(11)13;/h3,5,7,14,17H,2,4,6,8-10H2,1H3;1H. The van der Waals surface area contributed by atoms with Crippen LogP contribution in [0.2, 0.25) is 0 Å². The van der Waals surface area contributed by atoms with Gasteiger partial charge in [0.2, 0.25) is 0 Å². The van der Waals surface area contributed by atoms with E-state index in [0.29, 0.717) is 5.89 Å². The van der Waals surface area contributed by atoms with E-state index < -0.39 is 0 Å². The number of nitrogens with one attached hydrogen (secondary N) is 1. The molecule has 1 aliphatic carbocycles. The molecule has 2 heterocycles. The monoisotopic (exact) mass is 320 g/mol. The molecule has 0 amide bonds. The third kappa shape index (κ3) is 2.64. The minimum absolute atomic E-state index is 0. The summed E-state index contributed by atoms with van der Waals surface area (Å²) >= 11 is 0. The zero-order valence-electron chi connectivity index (χ0n) is 12.7. The number of aromatic nitrogens is 2. The Labute approximate surface area is 136 Å². The molecule has 1 fully saturated rings. The maximum Gasteiger partial charge on any atom is 0.258 e. The first-order chi connectivity index (χ1) is 10.3. The molecule has 1 aromatic carbocycles. The van der Waals surface area contributed by atoms with Crippen LogP contribution < -0.4 is 5.32 Å². The molecule has 5 nitrogen and oxygen atoms in total. The van der Waals surface area contributed by atoms with Crippen molar-refractivity contribution in [3.8, 4) is 11.5 Å². The van der Waals surface area contributed by atoms with Crippen molar-refractivity contribution in [2.75, 3.05) is 26.7 Å². The van der Waals surface area contributed by atoms with Gasteiger partial charge in [0.1, 0.15) is 0 Å². The van der Waals surface area contributed by atoms with Gasteiger partial charge in [-0.2, -0.15) is 4.98 Å². The largest absolute Gasteiger partial charge is 0.334 e. The number of piperazine rings is 1. The van der Waals surface area contributed by atoms with Crippen LogP contribution >= 0.6 is 12.4 Å². The predicted molar refractivity (Wildman–Crippen MR) is 87.2 cm³/mol. The number of fused-ring (bicyclic) bond motifs is 1. The SMILES string of the molecule is CN1CCNCC1c1noc(-c2cccc3c2CCC3)n1.Cl. The van der Waals surface area contributed by atoms with Crippen LogP contribution in [0, 0.1) is 0 Å². The highest BCUT2D eigenvalue weighted by Gasteiger charge is 2.26. The van der Waals surface area contributed by atoms with Gasteiger partial charge in [0.15, 0.2) is 5.82 Å². The lowest BCUT2D eigenvalue weighted by atomic mass is 10.0. The highest BCUT2D eigenvalue weighted by molar-refractivity contribution is 5.85. The van der Waals surface area contributed by atoms with Gasteiger partial charge in [0.25, 0.3) is 5.89 Å². The molecule has 0 bridgehead atoms. The molecule has 0 spiro atoms. The number of hydrogen-bond donors (Lipinski definition) is 1. The van der Waals surface area contributed by atoms with E-state index in [4.69, 9.17) is 4.52 Å². The normalized spacial score (nSPS) is 21.4. The van der Waals surface area contributed by atoms with Crippen LogP contribution in [0.4, 0.5) is 0 Å². The minimum Gasteiger partial charge on any atom is -0.334 e. The van der Waals surface area contributed by atoms with E-state index in [9.17, 15) is 0 Å². The smallest absolute Gasteiger partial charge is 0.258 e. The van der Waals surface area contributed by atoms with Crippen molar-refractivity contribution in [3.63, 3.8) is 0 Å². The Hall–Kier alpha value is -1.43. The minimum atomic E-state index is 0. The van der Waals surface area contributed by atoms with Crippen molar-refractivity contribution in [1.82, 2.24) is 20.4 Å². The molecule has 2 aromatic rings. The molecule has 4 rings (SSSR count). The predicted octanol–water partition coefficient (Wildman–Crippen LogP) is 2.22. The summed E-state index contributed by atoms with van der Waals surface area (Å²) in [5.41, 5.74) is 3.95. The van der Waals surface area contributed by atoms with E-state index in [2.05, 4.69) is 45.6 Å². The van der Waals surface area contributed by atoms with Crippen LogP contribution in [-0.2, 0) is 12.8 Å². The van der Waals surface area contributed by atoms with E-state index in [-0.39, 0.29) is 18.4 Å². The van der Waals surface area contributed by atoms with Crippen molar-refractivity contribution >= 4 is 12.4 Å². The second kappa shape index (κ2) is 6.36. The first kappa shape index (κ1) is 15.5. The average Bonchev–Trinajstić information content (AvgIpc) is 3.16. The average molecular weight is 321 g/mol. The molecule has 118 valence electrons. The van der Waals surface area contributed by atoms with Crippen molar-refractivity contribution in [2.24, 2.45) is 0 Å². The summed E-state index contributed by atoms with van der Waals surface area (Å²) in [7, 11) is 2.11. The summed E-state index contributed by atoms with van der Waals surface area (Å²) in [6.45, 7) is 2.90. The van der Waals surface area contributed by atoms with Crippen LogP contribution in [0.25, 0.3) is 11.5 Å². The lowest BCUT2D eigenvalue weighted by Crippen LogP contribution is -2.44. The lowest BCUT2D eigenvalue weighted by Gasteiger charge is -2.30. The second-order valence-corrected chi connectivity index (χ2v) is 5.96. The Morgan fingerprint density at radius 3 is 3.09 bits per heavy atom. The molecular weight excluding hydrogens is 300 g/mol. The molecule has 1 unspecified atom stereocenters. The summed E-state index contributed by atoms with van der Waals surface area (Å²) < 4.78 is 5.56. The van der Waals surface area contributed by atoms with Gasteiger partial charge >= 0.3 is 0 Å². The summed E-state index contributed by atoms with van der Waals surface area (Å²) in [6.07, 6.45) is 3.51. The highest BCUT2D eigenvalue weighted by Crippen LogP contribution is 2.32. The van der Waals surface area contributed by atoms with Gasteiger partial charge in [-0.3, -0.25) is 4.90 Å². The molecule has 22 heavy (non-hydrogen) atoms. The quantitative estimate of drug-likeness (QED) is 0.919. The van der Waals surface area contributed by atoms with Crippen molar-refractivity contribution in [1.29, 1.82) is 0 Å². The zero-order chi connectivity index (χ0) is 14.2.